The second kappa shape index (κ2) is 13.3. The molecule has 0 radical (unpaired) electrons. The molecule has 0 spiro atoms. The summed E-state index contributed by atoms with van der Waals surface area (Å²) in [5.41, 5.74) is 2.17. The van der Waals surface area contributed by atoms with E-state index in [-0.39, 0.29) is 24.0 Å². The minimum absolute atomic E-state index is 0. The molecular formula is C23H33IN4O2. The standard InChI is InChI=1S/C23H32N4O2.HI/c1-3-24-23(26-15-13-19-8-6-7-14-25-19)27-17-18-11-12-21(28-2)22(16-18)29-20-9-4-5-10-20;/h6-8,11-12,14,16,20H,3-5,9-10,13,15,17H2,1-2H3,(H2,24,26,27);1H. The zero-order valence-electron chi connectivity index (χ0n) is 17.9. The molecule has 1 aliphatic rings. The van der Waals surface area contributed by atoms with Crippen molar-refractivity contribution >= 4 is 29.9 Å². The van der Waals surface area contributed by atoms with Gasteiger partial charge in [-0.15, -0.1) is 24.0 Å². The maximum Gasteiger partial charge on any atom is 0.191 e. The van der Waals surface area contributed by atoms with Crippen molar-refractivity contribution in [1.29, 1.82) is 0 Å². The minimum Gasteiger partial charge on any atom is -0.493 e. The monoisotopic (exact) mass is 524 g/mol. The number of benzene rings is 1. The molecule has 0 unspecified atom stereocenters. The van der Waals surface area contributed by atoms with Gasteiger partial charge in [0, 0.05) is 31.4 Å². The molecule has 6 nitrogen and oxygen atoms in total. The van der Waals surface area contributed by atoms with Gasteiger partial charge in [-0.3, -0.25) is 4.98 Å². The summed E-state index contributed by atoms with van der Waals surface area (Å²) in [6, 6.07) is 12.0. The average Bonchev–Trinajstić information content (AvgIpc) is 3.26. The van der Waals surface area contributed by atoms with Crippen molar-refractivity contribution in [3.8, 4) is 11.5 Å². The number of aliphatic imine (C=N–C) groups is 1. The van der Waals surface area contributed by atoms with E-state index in [4.69, 9.17) is 14.5 Å². The van der Waals surface area contributed by atoms with Crippen LogP contribution >= 0.6 is 24.0 Å². The van der Waals surface area contributed by atoms with Gasteiger partial charge in [-0.25, -0.2) is 4.99 Å². The molecule has 0 bridgehead atoms. The molecule has 164 valence electrons. The highest BCUT2D eigenvalue weighted by Crippen LogP contribution is 2.32. The number of guanidine groups is 1. The van der Waals surface area contributed by atoms with Gasteiger partial charge < -0.3 is 20.1 Å². The first-order valence-electron chi connectivity index (χ1n) is 10.5. The highest BCUT2D eigenvalue weighted by Gasteiger charge is 2.18. The number of rotatable bonds is 9. The molecule has 1 aromatic carbocycles. The fourth-order valence-corrected chi connectivity index (χ4v) is 3.46. The van der Waals surface area contributed by atoms with E-state index in [1.54, 1.807) is 7.11 Å². The predicted molar refractivity (Wildman–Crippen MR) is 132 cm³/mol. The van der Waals surface area contributed by atoms with Crippen molar-refractivity contribution in [1.82, 2.24) is 15.6 Å². The van der Waals surface area contributed by atoms with Gasteiger partial charge in [-0.05, 0) is 62.4 Å². The zero-order chi connectivity index (χ0) is 20.3. The summed E-state index contributed by atoms with van der Waals surface area (Å²) in [7, 11) is 1.68. The maximum atomic E-state index is 6.19. The van der Waals surface area contributed by atoms with Crippen LogP contribution in [0.2, 0.25) is 0 Å². The van der Waals surface area contributed by atoms with E-state index in [1.807, 2.05) is 36.5 Å². The molecule has 1 fully saturated rings. The first kappa shape index (κ1) is 24.2. The topological polar surface area (TPSA) is 67.8 Å². The minimum atomic E-state index is 0. The van der Waals surface area contributed by atoms with Crippen molar-refractivity contribution in [2.75, 3.05) is 20.2 Å². The van der Waals surface area contributed by atoms with Crippen LogP contribution in [-0.4, -0.2) is 37.2 Å². The number of nitrogens with one attached hydrogen (secondary N) is 2. The third kappa shape index (κ3) is 7.66. The Morgan fingerprint density at radius 1 is 1.13 bits per heavy atom. The number of pyridine rings is 1. The molecule has 0 amide bonds. The Morgan fingerprint density at radius 3 is 2.67 bits per heavy atom. The molecule has 30 heavy (non-hydrogen) atoms. The summed E-state index contributed by atoms with van der Waals surface area (Å²) in [5.74, 6) is 2.41. The second-order valence-electron chi connectivity index (χ2n) is 7.20. The second-order valence-corrected chi connectivity index (χ2v) is 7.20. The molecule has 0 saturated heterocycles. The summed E-state index contributed by atoms with van der Waals surface area (Å²) < 4.78 is 11.7. The van der Waals surface area contributed by atoms with E-state index >= 15 is 0 Å². The third-order valence-corrected chi connectivity index (χ3v) is 4.99. The van der Waals surface area contributed by atoms with Crippen LogP contribution in [0.4, 0.5) is 0 Å². The van der Waals surface area contributed by atoms with Crippen molar-refractivity contribution in [3.05, 3.63) is 53.9 Å². The normalized spacial score (nSPS) is 14.1. The fourth-order valence-electron chi connectivity index (χ4n) is 3.46. The van der Waals surface area contributed by atoms with Gasteiger partial charge in [-0.2, -0.15) is 0 Å². The Labute approximate surface area is 196 Å². The van der Waals surface area contributed by atoms with Crippen LogP contribution in [0.3, 0.4) is 0 Å². The number of aromatic nitrogens is 1. The smallest absolute Gasteiger partial charge is 0.191 e. The lowest BCUT2D eigenvalue weighted by atomic mass is 10.2. The average molecular weight is 524 g/mol. The van der Waals surface area contributed by atoms with E-state index < -0.39 is 0 Å². The highest BCUT2D eigenvalue weighted by atomic mass is 127. The SMILES string of the molecule is CCNC(=NCc1ccc(OC)c(OC2CCCC2)c1)NCCc1ccccn1.I. The molecular weight excluding hydrogens is 491 g/mol. The number of hydrogen-bond acceptors (Lipinski definition) is 4. The first-order chi connectivity index (χ1) is 14.3. The van der Waals surface area contributed by atoms with Crippen LogP contribution in [-0.2, 0) is 13.0 Å². The Morgan fingerprint density at radius 2 is 1.97 bits per heavy atom. The Hall–Kier alpha value is -2.03. The number of methoxy groups -OCH3 is 1. The molecule has 2 aromatic rings. The van der Waals surface area contributed by atoms with Crippen LogP contribution < -0.4 is 20.1 Å². The molecule has 7 heteroatoms. The van der Waals surface area contributed by atoms with Gasteiger partial charge in [0.1, 0.15) is 0 Å². The predicted octanol–water partition coefficient (Wildman–Crippen LogP) is 4.33. The van der Waals surface area contributed by atoms with Gasteiger partial charge in [0.2, 0.25) is 0 Å². The maximum absolute atomic E-state index is 6.19. The van der Waals surface area contributed by atoms with Gasteiger partial charge >= 0.3 is 0 Å². The van der Waals surface area contributed by atoms with E-state index in [1.165, 1.54) is 12.8 Å². The first-order valence-corrected chi connectivity index (χ1v) is 10.5. The van der Waals surface area contributed by atoms with E-state index in [0.717, 1.165) is 61.1 Å². The van der Waals surface area contributed by atoms with Crippen LogP contribution in [0.1, 0.15) is 43.9 Å². The summed E-state index contributed by atoms with van der Waals surface area (Å²) in [6.07, 6.45) is 7.71. The van der Waals surface area contributed by atoms with Crippen molar-refractivity contribution in [2.24, 2.45) is 4.99 Å². The lowest BCUT2D eigenvalue weighted by Crippen LogP contribution is -2.38. The molecule has 1 aliphatic carbocycles. The van der Waals surface area contributed by atoms with Gasteiger partial charge in [0.05, 0.1) is 19.8 Å². The van der Waals surface area contributed by atoms with Crippen molar-refractivity contribution in [2.45, 2.75) is 51.7 Å². The zero-order valence-corrected chi connectivity index (χ0v) is 20.2. The molecule has 1 saturated carbocycles. The Bertz CT molecular complexity index is 780. The highest BCUT2D eigenvalue weighted by molar-refractivity contribution is 14.0. The van der Waals surface area contributed by atoms with Gasteiger partial charge in [-0.1, -0.05) is 12.1 Å². The summed E-state index contributed by atoms with van der Waals surface area (Å²) in [6.45, 7) is 4.23. The summed E-state index contributed by atoms with van der Waals surface area (Å²) in [5, 5.41) is 6.68. The summed E-state index contributed by atoms with van der Waals surface area (Å²) >= 11 is 0. The Kier molecular flexibility index (Phi) is 10.8. The van der Waals surface area contributed by atoms with E-state index in [2.05, 4.69) is 28.6 Å². The molecule has 0 atom stereocenters. The van der Waals surface area contributed by atoms with Crippen LogP contribution in [0.25, 0.3) is 0 Å². The largest absolute Gasteiger partial charge is 0.493 e. The van der Waals surface area contributed by atoms with Crippen molar-refractivity contribution < 1.29 is 9.47 Å². The lowest BCUT2D eigenvalue weighted by molar-refractivity contribution is 0.200. The van der Waals surface area contributed by atoms with Crippen LogP contribution in [0.15, 0.2) is 47.6 Å². The molecule has 0 aliphatic heterocycles. The molecule has 1 aromatic heterocycles. The Balaban J connectivity index is 0.00000320. The molecule has 3 rings (SSSR count). The van der Waals surface area contributed by atoms with E-state index in [0.29, 0.717) is 12.6 Å². The van der Waals surface area contributed by atoms with E-state index in [9.17, 15) is 0 Å². The third-order valence-electron chi connectivity index (χ3n) is 4.99. The number of nitrogens with zero attached hydrogens (tertiary/aromatic N) is 2. The fraction of sp³-hybridized carbons (Fsp3) is 0.478. The number of hydrogen-bond donors (Lipinski definition) is 2. The number of ether oxygens (including phenoxy) is 2. The summed E-state index contributed by atoms with van der Waals surface area (Å²) in [4.78, 5) is 9.08. The van der Waals surface area contributed by atoms with Crippen LogP contribution in [0.5, 0.6) is 11.5 Å². The van der Waals surface area contributed by atoms with Gasteiger partial charge in [0.15, 0.2) is 17.5 Å². The lowest BCUT2D eigenvalue weighted by Gasteiger charge is -2.17. The quantitative estimate of drug-likeness (QED) is 0.291. The molecule has 1 heterocycles. The van der Waals surface area contributed by atoms with Crippen LogP contribution in [0, 0.1) is 0 Å². The van der Waals surface area contributed by atoms with Gasteiger partial charge in [0.25, 0.3) is 0 Å². The number of halogens is 1. The van der Waals surface area contributed by atoms with Crippen molar-refractivity contribution in [3.63, 3.8) is 0 Å². The molecule has 2 N–H and O–H groups in total.